The maximum absolute atomic E-state index is 13.4. The predicted molar refractivity (Wildman–Crippen MR) is 199 cm³/mol. The van der Waals surface area contributed by atoms with Crippen LogP contribution in [-0.2, 0) is 0 Å². The summed E-state index contributed by atoms with van der Waals surface area (Å²) in [5.41, 5.74) is 15.6. The Morgan fingerprint density at radius 2 is 1.17 bits per heavy atom. The first-order valence-electron chi connectivity index (χ1n) is 13.9. The van der Waals surface area contributed by atoms with Crippen molar-refractivity contribution in [2.45, 2.75) is 22.2 Å². The van der Waals surface area contributed by atoms with Crippen LogP contribution in [0.2, 0.25) is 24.9 Å². The van der Waals surface area contributed by atoms with Gasteiger partial charge >= 0.3 is 111 Å². The van der Waals surface area contributed by atoms with Crippen molar-refractivity contribution in [1.82, 2.24) is 29.9 Å². The Labute approximate surface area is 301 Å². The monoisotopic (exact) mass is 860 g/mol. The number of halogens is 5. The van der Waals surface area contributed by atoms with Gasteiger partial charge in [-0.15, -0.1) is 0 Å². The van der Waals surface area contributed by atoms with Crippen molar-refractivity contribution in [3.63, 3.8) is 0 Å². The predicted octanol–water partition coefficient (Wildman–Crippen LogP) is 9.12. The van der Waals surface area contributed by atoms with Gasteiger partial charge in [-0.05, 0) is 46.3 Å². The number of rotatable bonds is 4. The summed E-state index contributed by atoms with van der Waals surface area (Å²) in [6.07, 6.45) is 12.4. The second kappa shape index (κ2) is 17.6. The molecule has 0 unspecified atom stereocenters. The van der Waals surface area contributed by atoms with Crippen LogP contribution in [0.4, 0.5) is 20.4 Å². The van der Waals surface area contributed by atoms with Crippen LogP contribution < -0.4 is 15.0 Å². The molecule has 0 bridgehead atoms. The maximum atomic E-state index is 13.4. The van der Waals surface area contributed by atoms with E-state index in [0.717, 1.165) is 34.2 Å². The second-order valence-electron chi connectivity index (χ2n) is 10.9. The normalized spacial score (nSPS) is 10.5. The van der Waals surface area contributed by atoms with E-state index in [4.69, 9.17) is 34.7 Å². The van der Waals surface area contributed by atoms with E-state index >= 15 is 0 Å². The van der Waals surface area contributed by atoms with Crippen LogP contribution >= 0.6 is 39.1 Å². The second-order valence-corrected chi connectivity index (χ2v) is 27.0. The first-order chi connectivity index (χ1) is 22.3. The Morgan fingerprint density at radius 1 is 0.646 bits per heavy atom. The third kappa shape index (κ3) is 10.6. The van der Waals surface area contributed by atoms with E-state index in [1.165, 1.54) is 21.9 Å². The van der Waals surface area contributed by atoms with Crippen LogP contribution in [0.5, 0.6) is 0 Å². The van der Waals surface area contributed by atoms with Gasteiger partial charge in [0.15, 0.2) is 0 Å². The SMILES string of the molecule is C.Nc1ncc(F)cc1-c1cc(-c2cccnc2)ncc1Cl.Nc1ncc(F)cc1Br.[CH3][Sn]([CH3])([CH3])[c]1cc(-c2cccnc2)ncc1Cl. The van der Waals surface area contributed by atoms with Gasteiger partial charge in [-0.1, -0.05) is 19.0 Å². The molecule has 6 aromatic heterocycles. The van der Waals surface area contributed by atoms with Gasteiger partial charge in [-0.2, -0.15) is 0 Å². The minimum atomic E-state index is -2.17. The van der Waals surface area contributed by atoms with Gasteiger partial charge in [0.1, 0.15) is 23.3 Å². The Balaban J connectivity index is 0.000000208. The molecule has 6 aromatic rings. The third-order valence-corrected chi connectivity index (χ3v) is 13.9. The van der Waals surface area contributed by atoms with Gasteiger partial charge < -0.3 is 11.5 Å². The first kappa shape index (κ1) is 38.7. The van der Waals surface area contributed by atoms with E-state index in [2.05, 4.69) is 66.7 Å². The summed E-state index contributed by atoms with van der Waals surface area (Å²) in [5, 5.41) is 1.18. The number of anilines is 2. The molecule has 6 rings (SSSR count). The summed E-state index contributed by atoms with van der Waals surface area (Å²) < 4.78 is 27.4. The van der Waals surface area contributed by atoms with Crippen molar-refractivity contribution in [2.75, 3.05) is 11.5 Å². The van der Waals surface area contributed by atoms with Crippen LogP contribution in [0, 0.1) is 11.6 Å². The standard InChI is InChI=1S/C15H10ClFN4.C10H6ClN2.C5H4BrFN2.CH4.3CH3.Sn/c16-13-8-20-14(9-2-1-3-19-6-9)5-11(13)12-4-10(17)7-21-15(12)18;11-9-3-4-10(13-7-9)8-2-1-5-12-6-8;6-4-1-3(7)2-9-5(4)8;;;;;/h1-8H,(H2,18,21);1-2,4-7H;1-2H,(H2,8,9);1H4;3*1H3;. The Hall–Kier alpha value is -3.78. The van der Waals surface area contributed by atoms with E-state index in [1.807, 2.05) is 30.5 Å². The molecule has 0 amide bonds. The van der Waals surface area contributed by atoms with E-state index in [1.54, 1.807) is 30.9 Å². The molecule has 0 aliphatic heterocycles. The van der Waals surface area contributed by atoms with E-state index in [-0.39, 0.29) is 13.2 Å². The number of hydrogen-bond acceptors (Lipinski definition) is 8. The number of hydrogen-bond donors (Lipinski definition) is 2. The number of nitrogens with zero attached hydrogens (tertiary/aromatic N) is 6. The molecule has 0 aliphatic carbocycles. The molecule has 48 heavy (non-hydrogen) atoms. The molecule has 8 nitrogen and oxygen atoms in total. The average Bonchev–Trinajstić information content (AvgIpc) is 3.05. The molecule has 4 N–H and O–H groups in total. The molecule has 0 fully saturated rings. The molecule has 248 valence electrons. The third-order valence-electron chi connectivity index (χ3n) is 6.44. The summed E-state index contributed by atoms with van der Waals surface area (Å²) in [5.74, 6) is -0.357. The molecule has 0 aromatic carbocycles. The van der Waals surface area contributed by atoms with E-state index in [9.17, 15) is 8.78 Å². The Bertz CT molecular complexity index is 1970. The number of nitrogens with two attached hydrogens (primary N) is 2. The fourth-order valence-electron chi connectivity index (χ4n) is 4.09. The van der Waals surface area contributed by atoms with Gasteiger partial charge in [-0.3, -0.25) is 9.97 Å². The molecule has 0 saturated carbocycles. The van der Waals surface area contributed by atoms with Gasteiger partial charge in [0.25, 0.3) is 0 Å². The van der Waals surface area contributed by atoms with Crippen molar-refractivity contribution in [2.24, 2.45) is 0 Å². The van der Waals surface area contributed by atoms with Crippen LogP contribution in [-0.4, -0.2) is 48.3 Å². The summed E-state index contributed by atoms with van der Waals surface area (Å²) in [7, 11) is 0. The van der Waals surface area contributed by atoms with Crippen LogP contribution in [0.3, 0.4) is 0 Å². The molecule has 6 heterocycles. The molecular weight excluding hydrogens is 828 g/mol. The zero-order chi connectivity index (χ0) is 34.1. The van der Waals surface area contributed by atoms with Crippen molar-refractivity contribution in [1.29, 1.82) is 0 Å². The average molecular weight is 861 g/mol. The molecule has 0 atom stereocenters. The Kier molecular flexibility index (Phi) is 14.2. The molecule has 14 heteroatoms. The van der Waals surface area contributed by atoms with Gasteiger partial charge in [0, 0.05) is 35.3 Å². The zero-order valence-electron chi connectivity index (χ0n) is 25.5. The van der Waals surface area contributed by atoms with Crippen LogP contribution in [0.15, 0.2) is 103 Å². The van der Waals surface area contributed by atoms with Crippen LogP contribution in [0.1, 0.15) is 7.43 Å². The summed E-state index contributed by atoms with van der Waals surface area (Å²) in [6, 6.07) is 14.1. The minimum absolute atomic E-state index is 0. The van der Waals surface area contributed by atoms with Crippen molar-refractivity contribution >= 4 is 72.7 Å². The fourth-order valence-corrected chi connectivity index (χ4v) is 10.5. The topological polar surface area (TPSA) is 129 Å². The number of nitrogen functional groups attached to an aromatic ring is 2. The van der Waals surface area contributed by atoms with Gasteiger partial charge in [0.2, 0.25) is 0 Å². The quantitative estimate of drug-likeness (QED) is 0.168. The van der Waals surface area contributed by atoms with Crippen molar-refractivity contribution < 1.29 is 8.78 Å². The molecule has 0 radical (unpaired) electrons. The van der Waals surface area contributed by atoms with Crippen LogP contribution in [0.25, 0.3) is 33.6 Å². The molecule has 0 spiro atoms. The van der Waals surface area contributed by atoms with Gasteiger partial charge in [-0.25, -0.2) is 18.7 Å². The Morgan fingerprint density at radius 3 is 1.67 bits per heavy atom. The number of aromatic nitrogens is 6. The van der Waals surface area contributed by atoms with Crippen molar-refractivity contribution in [3.05, 3.63) is 124 Å². The zero-order valence-corrected chi connectivity index (χ0v) is 31.4. The summed E-state index contributed by atoms with van der Waals surface area (Å²) in [6.45, 7) is 0. The molecule has 0 aliphatic rings. The summed E-state index contributed by atoms with van der Waals surface area (Å²) in [4.78, 5) is 31.2. The fraction of sp³-hybridized carbons (Fsp3) is 0.118. The molecular formula is C34H33BrCl2F2N8Sn. The van der Waals surface area contributed by atoms with Crippen molar-refractivity contribution in [3.8, 4) is 33.6 Å². The summed E-state index contributed by atoms with van der Waals surface area (Å²) >= 11 is 13.2. The number of pyridine rings is 6. The van der Waals surface area contributed by atoms with Gasteiger partial charge in [0.05, 0.1) is 27.6 Å². The van der Waals surface area contributed by atoms with E-state index < -0.39 is 30.0 Å². The molecule has 0 saturated heterocycles. The first-order valence-corrected chi connectivity index (χ1v) is 25.5. The van der Waals surface area contributed by atoms with E-state index in [0.29, 0.717) is 32.1 Å².